The third-order valence-electron chi connectivity index (χ3n) is 3.80. The van der Waals surface area contributed by atoms with Gasteiger partial charge in [0.05, 0.1) is 21.3 Å². The van der Waals surface area contributed by atoms with Gasteiger partial charge >= 0.3 is 0 Å². The molecular weight excluding hydrogens is 317 g/mol. The van der Waals surface area contributed by atoms with Gasteiger partial charge in [-0.25, -0.2) is 0 Å². The Kier molecular flexibility index (Phi) is 4.67. The SMILES string of the molecule is NCCCCc1c(-c2cccnc2)[nH]c2c(Cl)c(Cl)ccc12. The molecule has 0 saturated heterocycles. The van der Waals surface area contributed by atoms with Crippen LogP contribution in [-0.2, 0) is 6.42 Å². The number of rotatable bonds is 5. The lowest BCUT2D eigenvalue weighted by atomic mass is 10.0. The minimum atomic E-state index is 0.557. The van der Waals surface area contributed by atoms with Gasteiger partial charge in [-0.05, 0) is 49.6 Å². The molecule has 0 fully saturated rings. The lowest BCUT2D eigenvalue weighted by molar-refractivity contribution is 0.748. The fourth-order valence-electron chi connectivity index (χ4n) is 2.72. The molecule has 2 aromatic heterocycles. The summed E-state index contributed by atoms with van der Waals surface area (Å²) in [5.74, 6) is 0. The second-order valence-electron chi connectivity index (χ2n) is 5.25. The van der Waals surface area contributed by atoms with Crippen LogP contribution in [0.3, 0.4) is 0 Å². The van der Waals surface area contributed by atoms with Crippen LogP contribution in [0.2, 0.25) is 10.0 Å². The molecule has 3 rings (SSSR count). The lowest BCUT2D eigenvalue weighted by Crippen LogP contribution is -1.99. The van der Waals surface area contributed by atoms with Crippen LogP contribution in [0.5, 0.6) is 0 Å². The number of fused-ring (bicyclic) bond motifs is 1. The van der Waals surface area contributed by atoms with E-state index in [1.165, 1.54) is 5.56 Å². The summed E-state index contributed by atoms with van der Waals surface area (Å²) in [7, 11) is 0. The highest BCUT2D eigenvalue weighted by Gasteiger charge is 2.16. The Bertz CT molecular complexity index is 781. The van der Waals surface area contributed by atoms with E-state index in [1.54, 1.807) is 6.20 Å². The van der Waals surface area contributed by atoms with Gasteiger partial charge in [0, 0.05) is 23.3 Å². The van der Waals surface area contributed by atoms with E-state index in [2.05, 4.69) is 9.97 Å². The normalized spacial score (nSPS) is 11.2. The maximum Gasteiger partial charge on any atom is 0.0833 e. The summed E-state index contributed by atoms with van der Waals surface area (Å²) in [5, 5.41) is 2.24. The lowest BCUT2D eigenvalue weighted by Gasteiger charge is -2.05. The van der Waals surface area contributed by atoms with Gasteiger partial charge in [0.2, 0.25) is 0 Å². The highest BCUT2D eigenvalue weighted by molar-refractivity contribution is 6.45. The van der Waals surface area contributed by atoms with Gasteiger partial charge in [0.1, 0.15) is 0 Å². The molecule has 1 aromatic carbocycles. The Hall–Kier alpha value is -1.55. The zero-order valence-corrected chi connectivity index (χ0v) is 13.6. The summed E-state index contributed by atoms with van der Waals surface area (Å²) in [4.78, 5) is 7.64. The van der Waals surface area contributed by atoms with E-state index >= 15 is 0 Å². The van der Waals surface area contributed by atoms with Gasteiger partial charge in [0.25, 0.3) is 0 Å². The first kappa shape index (κ1) is 15.3. The number of hydrogen-bond acceptors (Lipinski definition) is 2. The molecule has 0 spiro atoms. The number of pyridine rings is 1. The number of aromatic nitrogens is 2. The topological polar surface area (TPSA) is 54.7 Å². The summed E-state index contributed by atoms with van der Waals surface area (Å²) >= 11 is 12.5. The Morgan fingerprint density at radius 2 is 2.00 bits per heavy atom. The standard InChI is InChI=1S/C17H17Cl2N3/c18-14-7-6-13-12(5-1-2-8-20)16(22-17(13)15(14)19)11-4-3-9-21-10-11/h3-4,6-7,9-10,22H,1-2,5,8,20H2. The number of aromatic amines is 1. The van der Waals surface area contributed by atoms with E-state index < -0.39 is 0 Å². The average Bonchev–Trinajstić information content (AvgIpc) is 2.92. The molecule has 0 saturated carbocycles. The Labute approximate surface area is 139 Å². The molecule has 2 heterocycles. The second-order valence-corrected chi connectivity index (χ2v) is 6.04. The number of benzene rings is 1. The number of aryl methyl sites for hydroxylation is 1. The van der Waals surface area contributed by atoms with Crippen molar-refractivity contribution < 1.29 is 0 Å². The van der Waals surface area contributed by atoms with Crippen LogP contribution >= 0.6 is 23.2 Å². The summed E-state index contributed by atoms with van der Waals surface area (Å²) in [5.41, 5.74) is 9.86. The van der Waals surface area contributed by atoms with E-state index in [9.17, 15) is 0 Å². The van der Waals surface area contributed by atoms with Crippen molar-refractivity contribution in [2.45, 2.75) is 19.3 Å². The monoisotopic (exact) mass is 333 g/mol. The van der Waals surface area contributed by atoms with Crippen molar-refractivity contribution in [1.82, 2.24) is 9.97 Å². The van der Waals surface area contributed by atoms with Gasteiger partial charge in [-0.1, -0.05) is 29.3 Å². The quantitative estimate of drug-likeness (QED) is 0.657. The summed E-state index contributed by atoms with van der Waals surface area (Å²) < 4.78 is 0. The fraction of sp³-hybridized carbons (Fsp3) is 0.235. The zero-order chi connectivity index (χ0) is 15.5. The van der Waals surface area contributed by atoms with E-state index in [-0.39, 0.29) is 0 Å². The minimum Gasteiger partial charge on any atom is -0.353 e. The van der Waals surface area contributed by atoms with E-state index in [4.69, 9.17) is 28.9 Å². The highest BCUT2D eigenvalue weighted by atomic mass is 35.5. The van der Waals surface area contributed by atoms with Crippen LogP contribution in [0.4, 0.5) is 0 Å². The Morgan fingerprint density at radius 1 is 1.14 bits per heavy atom. The van der Waals surface area contributed by atoms with Crippen molar-refractivity contribution in [1.29, 1.82) is 0 Å². The zero-order valence-electron chi connectivity index (χ0n) is 12.1. The molecule has 3 aromatic rings. The van der Waals surface area contributed by atoms with E-state index in [1.807, 2.05) is 30.5 Å². The number of nitrogens with one attached hydrogen (secondary N) is 1. The summed E-state index contributed by atoms with van der Waals surface area (Å²) in [6.07, 6.45) is 6.60. The van der Waals surface area contributed by atoms with Crippen molar-refractivity contribution in [3.63, 3.8) is 0 Å². The second kappa shape index (κ2) is 6.69. The van der Waals surface area contributed by atoms with E-state index in [0.717, 1.165) is 41.4 Å². The third-order valence-corrected chi connectivity index (χ3v) is 4.61. The van der Waals surface area contributed by atoms with Crippen molar-refractivity contribution in [2.24, 2.45) is 5.73 Å². The number of nitrogens with two attached hydrogens (primary N) is 1. The predicted molar refractivity (Wildman–Crippen MR) is 93.5 cm³/mol. The predicted octanol–water partition coefficient (Wildman–Crippen LogP) is 4.82. The van der Waals surface area contributed by atoms with Crippen molar-refractivity contribution in [3.8, 4) is 11.3 Å². The molecule has 0 aliphatic heterocycles. The smallest absolute Gasteiger partial charge is 0.0833 e. The molecule has 22 heavy (non-hydrogen) atoms. The molecule has 0 amide bonds. The van der Waals surface area contributed by atoms with Crippen LogP contribution in [0.1, 0.15) is 18.4 Å². The number of unbranched alkanes of at least 4 members (excludes halogenated alkanes) is 1. The van der Waals surface area contributed by atoms with Crippen LogP contribution in [0.15, 0.2) is 36.7 Å². The van der Waals surface area contributed by atoms with Crippen LogP contribution in [0, 0.1) is 0 Å². The van der Waals surface area contributed by atoms with Gasteiger partial charge in [-0.3, -0.25) is 4.98 Å². The molecule has 0 aliphatic carbocycles. The molecule has 0 bridgehead atoms. The first-order chi connectivity index (χ1) is 10.7. The van der Waals surface area contributed by atoms with Crippen molar-refractivity contribution in [2.75, 3.05) is 6.54 Å². The van der Waals surface area contributed by atoms with Gasteiger partial charge in [-0.2, -0.15) is 0 Å². The minimum absolute atomic E-state index is 0.557. The number of hydrogen-bond donors (Lipinski definition) is 2. The molecule has 0 unspecified atom stereocenters. The van der Waals surface area contributed by atoms with Crippen LogP contribution < -0.4 is 5.73 Å². The van der Waals surface area contributed by atoms with Gasteiger partial charge in [-0.15, -0.1) is 0 Å². The van der Waals surface area contributed by atoms with Crippen molar-refractivity contribution >= 4 is 34.1 Å². The maximum absolute atomic E-state index is 6.36. The summed E-state index contributed by atoms with van der Waals surface area (Å²) in [6.45, 7) is 0.706. The fourth-order valence-corrected chi connectivity index (χ4v) is 3.09. The summed E-state index contributed by atoms with van der Waals surface area (Å²) in [6, 6.07) is 7.84. The van der Waals surface area contributed by atoms with Crippen LogP contribution in [0.25, 0.3) is 22.2 Å². The molecule has 5 heteroatoms. The molecule has 3 nitrogen and oxygen atoms in total. The Morgan fingerprint density at radius 3 is 2.73 bits per heavy atom. The molecule has 0 atom stereocenters. The van der Waals surface area contributed by atoms with Crippen LogP contribution in [-0.4, -0.2) is 16.5 Å². The molecule has 114 valence electrons. The van der Waals surface area contributed by atoms with Crippen molar-refractivity contribution in [3.05, 3.63) is 52.3 Å². The first-order valence-corrected chi connectivity index (χ1v) is 8.07. The largest absolute Gasteiger partial charge is 0.353 e. The third kappa shape index (κ3) is 2.84. The molecular formula is C17H17Cl2N3. The number of H-pyrrole nitrogens is 1. The maximum atomic E-state index is 6.36. The highest BCUT2D eigenvalue weighted by Crippen LogP contribution is 2.37. The van der Waals surface area contributed by atoms with Gasteiger partial charge in [0.15, 0.2) is 0 Å². The molecule has 0 aliphatic rings. The average molecular weight is 334 g/mol. The first-order valence-electron chi connectivity index (χ1n) is 7.31. The Balaban J connectivity index is 2.16. The number of halogens is 2. The molecule has 0 radical (unpaired) electrons. The molecule has 3 N–H and O–H groups in total. The van der Waals surface area contributed by atoms with Gasteiger partial charge < -0.3 is 10.7 Å². The number of nitrogens with zero attached hydrogens (tertiary/aromatic N) is 1. The van der Waals surface area contributed by atoms with E-state index in [0.29, 0.717) is 16.6 Å².